The fraction of sp³-hybridized carbons (Fsp3) is 0.355. The average Bonchev–Trinajstić information content (AvgIpc) is 3.41. The van der Waals surface area contributed by atoms with Crippen molar-refractivity contribution in [3.05, 3.63) is 89.5 Å². The number of carbonyl (C=O) groups is 2. The van der Waals surface area contributed by atoms with Gasteiger partial charge < -0.3 is 19.7 Å². The standard InChI is InChI=1S/C31H37N3O6S/c1-5-23(3)32-31(36)27(17-24-11-7-6-8-12-24)33(19-25-13-9-10-22(2)16-25)30(35)20-34(41(4,37)38)26-14-15-28-29(18-26)40-21-39-28/h6-16,18,23,27H,5,17,19-21H2,1-4H3,(H,32,36)/t23-,27-/m0/s1. The maximum atomic E-state index is 14.2. The van der Waals surface area contributed by atoms with Crippen LogP contribution in [-0.2, 0) is 32.6 Å². The lowest BCUT2D eigenvalue weighted by atomic mass is 10.0. The second-order valence-electron chi connectivity index (χ2n) is 10.3. The molecule has 10 heteroatoms. The van der Waals surface area contributed by atoms with Crippen LogP contribution in [0.2, 0.25) is 0 Å². The Morgan fingerprint density at radius 2 is 1.66 bits per heavy atom. The number of benzene rings is 3. The van der Waals surface area contributed by atoms with Gasteiger partial charge in [0, 0.05) is 25.1 Å². The molecule has 1 aliphatic heterocycles. The molecule has 0 radical (unpaired) electrons. The third kappa shape index (κ3) is 7.79. The smallest absolute Gasteiger partial charge is 0.244 e. The van der Waals surface area contributed by atoms with Crippen LogP contribution < -0.4 is 19.1 Å². The molecule has 0 spiro atoms. The lowest BCUT2D eigenvalue weighted by Gasteiger charge is -2.34. The summed E-state index contributed by atoms with van der Waals surface area (Å²) in [4.78, 5) is 29.4. The van der Waals surface area contributed by atoms with E-state index in [4.69, 9.17) is 9.47 Å². The van der Waals surface area contributed by atoms with Crippen LogP contribution in [-0.4, -0.2) is 56.8 Å². The van der Waals surface area contributed by atoms with Crippen LogP contribution in [0.15, 0.2) is 72.8 Å². The molecule has 0 unspecified atom stereocenters. The van der Waals surface area contributed by atoms with Crippen LogP contribution in [0.4, 0.5) is 5.69 Å². The van der Waals surface area contributed by atoms with E-state index in [2.05, 4.69) is 5.32 Å². The van der Waals surface area contributed by atoms with Gasteiger partial charge in [-0.15, -0.1) is 0 Å². The van der Waals surface area contributed by atoms with Gasteiger partial charge in [0.15, 0.2) is 11.5 Å². The molecule has 0 bridgehead atoms. The second kappa shape index (κ2) is 13.1. The molecule has 3 aromatic rings. The van der Waals surface area contributed by atoms with Crippen LogP contribution in [0.3, 0.4) is 0 Å². The zero-order valence-corrected chi connectivity index (χ0v) is 24.7. The lowest BCUT2D eigenvalue weighted by Crippen LogP contribution is -2.54. The zero-order chi connectivity index (χ0) is 29.6. The first-order valence-electron chi connectivity index (χ1n) is 13.6. The van der Waals surface area contributed by atoms with E-state index < -0.39 is 28.5 Å². The largest absolute Gasteiger partial charge is 0.454 e. The number of fused-ring (bicyclic) bond motifs is 1. The van der Waals surface area contributed by atoms with Crippen molar-refractivity contribution in [1.29, 1.82) is 0 Å². The lowest BCUT2D eigenvalue weighted by molar-refractivity contribution is -0.140. The summed E-state index contributed by atoms with van der Waals surface area (Å²) < 4.78 is 37.8. The van der Waals surface area contributed by atoms with E-state index in [9.17, 15) is 18.0 Å². The molecule has 0 aliphatic carbocycles. The Morgan fingerprint density at radius 3 is 2.34 bits per heavy atom. The normalized spacial score (nSPS) is 13.8. The highest BCUT2D eigenvalue weighted by molar-refractivity contribution is 7.92. The molecular weight excluding hydrogens is 542 g/mol. The number of anilines is 1. The van der Waals surface area contributed by atoms with Crippen LogP contribution in [0.25, 0.3) is 0 Å². The summed E-state index contributed by atoms with van der Waals surface area (Å²) >= 11 is 0. The van der Waals surface area contributed by atoms with Gasteiger partial charge in [0.25, 0.3) is 0 Å². The summed E-state index contributed by atoms with van der Waals surface area (Å²) in [7, 11) is -3.88. The van der Waals surface area contributed by atoms with E-state index in [0.29, 0.717) is 11.5 Å². The van der Waals surface area contributed by atoms with Crippen LogP contribution >= 0.6 is 0 Å². The Bertz CT molecular complexity index is 1480. The summed E-state index contributed by atoms with van der Waals surface area (Å²) in [5.41, 5.74) is 3.00. The fourth-order valence-electron chi connectivity index (χ4n) is 4.66. The molecule has 9 nitrogen and oxygen atoms in total. The summed E-state index contributed by atoms with van der Waals surface area (Å²) in [6, 6.07) is 20.9. The van der Waals surface area contributed by atoms with Crippen LogP contribution in [0.1, 0.15) is 37.0 Å². The fourth-order valence-corrected chi connectivity index (χ4v) is 5.50. The molecule has 2 amide bonds. The molecule has 0 aromatic heterocycles. The molecule has 41 heavy (non-hydrogen) atoms. The van der Waals surface area contributed by atoms with E-state index in [1.807, 2.05) is 75.4 Å². The number of sulfonamides is 1. The molecule has 4 rings (SSSR count). The number of amides is 2. The van der Waals surface area contributed by atoms with Crippen molar-refractivity contribution in [2.75, 3.05) is 23.9 Å². The quantitative estimate of drug-likeness (QED) is 0.347. The Morgan fingerprint density at radius 1 is 0.951 bits per heavy atom. The molecule has 218 valence electrons. The van der Waals surface area contributed by atoms with Crippen molar-refractivity contribution in [1.82, 2.24) is 10.2 Å². The Balaban J connectivity index is 1.73. The minimum atomic E-state index is -3.88. The molecule has 1 aliphatic rings. The van der Waals surface area contributed by atoms with Gasteiger partial charge in [-0.3, -0.25) is 13.9 Å². The highest BCUT2D eigenvalue weighted by atomic mass is 32.2. The van der Waals surface area contributed by atoms with Crippen molar-refractivity contribution in [3.63, 3.8) is 0 Å². The number of nitrogens with zero attached hydrogens (tertiary/aromatic N) is 2. The van der Waals surface area contributed by atoms with Crippen molar-refractivity contribution in [3.8, 4) is 11.5 Å². The Kier molecular flexibility index (Phi) is 9.54. The molecular formula is C31H37N3O6S. The minimum absolute atomic E-state index is 0.0350. The molecule has 1 N–H and O–H groups in total. The van der Waals surface area contributed by atoms with Gasteiger partial charge in [-0.05, 0) is 43.5 Å². The second-order valence-corrected chi connectivity index (χ2v) is 12.2. The first-order chi connectivity index (χ1) is 19.5. The predicted octanol–water partition coefficient (Wildman–Crippen LogP) is 4.04. The minimum Gasteiger partial charge on any atom is -0.454 e. The number of aryl methyl sites for hydroxylation is 1. The summed E-state index contributed by atoms with van der Waals surface area (Å²) in [5.74, 6) is 0.0994. The summed E-state index contributed by atoms with van der Waals surface area (Å²) in [6.07, 6.45) is 2.04. The highest BCUT2D eigenvalue weighted by Crippen LogP contribution is 2.36. The van der Waals surface area contributed by atoms with Gasteiger partial charge in [0.2, 0.25) is 28.6 Å². The summed E-state index contributed by atoms with van der Waals surface area (Å²) in [6.45, 7) is 5.51. The van der Waals surface area contributed by atoms with Gasteiger partial charge in [0.05, 0.1) is 11.9 Å². The predicted molar refractivity (Wildman–Crippen MR) is 158 cm³/mol. The average molecular weight is 580 g/mol. The van der Waals surface area contributed by atoms with Gasteiger partial charge in [-0.2, -0.15) is 0 Å². The van der Waals surface area contributed by atoms with E-state index in [1.54, 1.807) is 18.2 Å². The molecule has 0 saturated heterocycles. The van der Waals surface area contributed by atoms with Gasteiger partial charge in [-0.1, -0.05) is 67.1 Å². The number of hydrogen-bond donors (Lipinski definition) is 1. The third-order valence-electron chi connectivity index (χ3n) is 7.03. The molecule has 0 fully saturated rings. The van der Waals surface area contributed by atoms with Crippen molar-refractivity contribution in [2.45, 2.75) is 52.2 Å². The van der Waals surface area contributed by atoms with E-state index in [-0.39, 0.29) is 37.4 Å². The monoisotopic (exact) mass is 579 g/mol. The molecule has 1 heterocycles. The number of ether oxygens (including phenoxy) is 2. The van der Waals surface area contributed by atoms with E-state index in [0.717, 1.165) is 33.7 Å². The maximum Gasteiger partial charge on any atom is 0.244 e. The summed E-state index contributed by atoms with van der Waals surface area (Å²) in [5, 5.41) is 3.03. The number of rotatable bonds is 12. The molecule has 0 saturated carbocycles. The van der Waals surface area contributed by atoms with Crippen molar-refractivity contribution < 1.29 is 27.5 Å². The SMILES string of the molecule is CC[C@H](C)NC(=O)[C@H](Cc1ccccc1)N(Cc1cccc(C)c1)C(=O)CN(c1ccc2c(c1)OCO2)S(C)(=O)=O. The van der Waals surface area contributed by atoms with Gasteiger partial charge in [0.1, 0.15) is 12.6 Å². The van der Waals surface area contributed by atoms with Gasteiger partial charge in [-0.25, -0.2) is 8.42 Å². The first-order valence-corrected chi connectivity index (χ1v) is 15.5. The van der Waals surface area contributed by atoms with Crippen molar-refractivity contribution in [2.24, 2.45) is 0 Å². The maximum absolute atomic E-state index is 14.2. The number of carbonyl (C=O) groups excluding carboxylic acids is 2. The van der Waals surface area contributed by atoms with E-state index in [1.165, 1.54) is 4.90 Å². The third-order valence-corrected chi connectivity index (χ3v) is 8.17. The van der Waals surface area contributed by atoms with Crippen LogP contribution in [0.5, 0.6) is 11.5 Å². The Labute approximate surface area is 242 Å². The number of nitrogens with one attached hydrogen (secondary N) is 1. The van der Waals surface area contributed by atoms with E-state index >= 15 is 0 Å². The van der Waals surface area contributed by atoms with Crippen LogP contribution in [0, 0.1) is 6.92 Å². The highest BCUT2D eigenvalue weighted by Gasteiger charge is 2.33. The topological polar surface area (TPSA) is 105 Å². The van der Waals surface area contributed by atoms with Gasteiger partial charge >= 0.3 is 0 Å². The molecule has 3 aromatic carbocycles. The van der Waals surface area contributed by atoms with Crippen molar-refractivity contribution >= 4 is 27.5 Å². The molecule has 2 atom stereocenters. The number of hydrogen-bond acceptors (Lipinski definition) is 6. The zero-order valence-electron chi connectivity index (χ0n) is 23.9. The first kappa shape index (κ1) is 29.9. The Hall–Kier alpha value is -4.05.